The van der Waals surface area contributed by atoms with Crippen LogP contribution in [0.1, 0.15) is 59.4 Å². The molecule has 0 aliphatic heterocycles. The SMILES string of the molecule is CCCCC(c1cccnc1)N(C)C(=O)c1[nH]c2ccc(C)cc2c1C. The Morgan fingerprint density at radius 2 is 2.08 bits per heavy atom. The minimum absolute atomic E-state index is 0.0290. The number of rotatable bonds is 6. The molecule has 3 aromatic rings. The van der Waals surface area contributed by atoms with Gasteiger partial charge in [-0.05, 0) is 49.6 Å². The molecule has 1 atom stereocenters. The van der Waals surface area contributed by atoms with E-state index in [4.69, 9.17) is 0 Å². The van der Waals surface area contributed by atoms with E-state index in [0.29, 0.717) is 5.69 Å². The summed E-state index contributed by atoms with van der Waals surface area (Å²) in [6.45, 7) is 6.26. The summed E-state index contributed by atoms with van der Waals surface area (Å²) in [6.07, 6.45) is 6.74. The minimum atomic E-state index is 0.0290. The average molecular weight is 349 g/mol. The van der Waals surface area contributed by atoms with E-state index in [1.165, 1.54) is 5.56 Å². The molecular formula is C22H27N3O. The molecule has 1 aromatic carbocycles. The van der Waals surface area contributed by atoms with Gasteiger partial charge in [0.25, 0.3) is 5.91 Å². The second kappa shape index (κ2) is 7.73. The summed E-state index contributed by atoms with van der Waals surface area (Å²) < 4.78 is 0. The van der Waals surface area contributed by atoms with Gasteiger partial charge in [0, 0.05) is 30.3 Å². The van der Waals surface area contributed by atoms with Crippen LogP contribution in [0.4, 0.5) is 0 Å². The van der Waals surface area contributed by atoms with Crippen molar-refractivity contribution in [2.24, 2.45) is 0 Å². The number of benzene rings is 1. The number of amides is 1. The van der Waals surface area contributed by atoms with E-state index in [9.17, 15) is 4.79 Å². The summed E-state index contributed by atoms with van der Waals surface area (Å²) in [7, 11) is 1.89. The number of aromatic nitrogens is 2. The van der Waals surface area contributed by atoms with Gasteiger partial charge in [0.15, 0.2) is 0 Å². The Kier molecular flexibility index (Phi) is 5.40. The Morgan fingerprint density at radius 3 is 2.77 bits per heavy atom. The predicted molar refractivity (Wildman–Crippen MR) is 106 cm³/mol. The van der Waals surface area contributed by atoms with Crippen LogP contribution in [0.2, 0.25) is 0 Å². The van der Waals surface area contributed by atoms with E-state index >= 15 is 0 Å². The molecule has 0 aliphatic carbocycles. The molecule has 0 saturated heterocycles. The van der Waals surface area contributed by atoms with Crippen molar-refractivity contribution in [1.29, 1.82) is 0 Å². The Labute approximate surface area is 155 Å². The quantitative estimate of drug-likeness (QED) is 0.666. The number of hydrogen-bond acceptors (Lipinski definition) is 2. The molecular weight excluding hydrogens is 322 g/mol. The van der Waals surface area contributed by atoms with Crippen LogP contribution in [0.3, 0.4) is 0 Å². The average Bonchev–Trinajstić information content (AvgIpc) is 2.98. The molecule has 3 rings (SSSR count). The molecule has 1 amide bonds. The van der Waals surface area contributed by atoms with Crippen LogP contribution in [0.5, 0.6) is 0 Å². The van der Waals surface area contributed by atoms with E-state index in [1.54, 1.807) is 6.20 Å². The van der Waals surface area contributed by atoms with Crippen LogP contribution in [0.25, 0.3) is 10.9 Å². The molecule has 0 aliphatic rings. The van der Waals surface area contributed by atoms with Gasteiger partial charge in [-0.15, -0.1) is 0 Å². The molecule has 1 unspecified atom stereocenters. The van der Waals surface area contributed by atoms with Gasteiger partial charge in [-0.25, -0.2) is 0 Å². The third-order valence-electron chi connectivity index (χ3n) is 5.12. The number of nitrogens with one attached hydrogen (secondary N) is 1. The predicted octanol–water partition coefficient (Wildman–Crippen LogP) is 5.18. The fourth-order valence-electron chi connectivity index (χ4n) is 3.53. The third-order valence-corrected chi connectivity index (χ3v) is 5.12. The minimum Gasteiger partial charge on any atom is -0.350 e. The van der Waals surface area contributed by atoms with E-state index in [-0.39, 0.29) is 11.9 Å². The molecule has 4 nitrogen and oxygen atoms in total. The Bertz CT molecular complexity index is 898. The van der Waals surface area contributed by atoms with E-state index in [2.05, 4.69) is 42.0 Å². The molecule has 136 valence electrons. The first kappa shape index (κ1) is 18.2. The van der Waals surface area contributed by atoms with Gasteiger partial charge in [-0.3, -0.25) is 9.78 Å². The topological polar surface area (TPSA) is 49.0 Å². The summed E-state index contributed by atoms with van der Waals surface area (Å²) in [6, 6.07) is 10.3. The van der Waals surface area contributed by atoms with Crippen molar-refractivity contribution in [3.05, 3.63) is 65.1 Å². The fourth-order valence-corrected chi connectivity index (χ4v) is 3.53. The number of carbonyl (C=O) groups excluding carboxylic acids is 1. The molecule has 0 bridgehead atoms. The second-order valence-corrected chi connectivity index (χ2v) is 7.03. The zero-order valence-corrected chi connectivity index (χ0v) is 16.0. The van der Waals surface area contributed by atoms with Gasteiger partial charge in [0.1, 0.15) is 5.69 Å². The number of unbranched alkanes of at least 4 members (excludes halogenated alkanes) is 1. The van der Waals surface area contributed by atoms with Crippen molar-refractivity contribution < 1.29 is 4.79 Å². The van der Waals surface area contributed by atoms with Gasteiger partial charge < -0.3 is 9.88 Å². The maximum Gasteiger partial charge on any atom is 0.270 e. The molecule has 0 fully saturated rings. The zero-order chi connectivity index (χ0) is 18.7. The summed E-state index contributed by atoms with van der Waals surface area (Å²) in [5, 5.41) is 1.12. The fraction of sp³-hybridized carbons (Fsp3) is 0.364. The number of pyridine rings is 1. The number of carbonyl (C=O) groups is 1. The lowest BCUT2D eigenvalue weighted by atomic mass is 10.0. The highest BCUT2D eigenvalue weighted by atomic mass is 16.2. The van der Waals surface area contributed by atoms with Crippen LogP contribution in [0.15, 0.2) is 42.7 Å². The largest absolute Gasteiger partial charge is 0.350 e. The lowest BCUT2D eigenvalue weighted by molar-refractivity contribution is 0.0714. The summed E-state index contributed by atoms with van der Waals surface area (Å²) in [5.74, 6) is 0.0290. The monoisotopic (exact) mass is 349 g/mol. The van der Waals surface area contributed by atoms with Crippen molar-refractivity contribution in [3.63, 3.8) is 0 Å². The van der Waals surface area contributed by atoms with Crippen molar-refractivity contribution >= 4 is 16.8 Å². The molecule has 0 radical (unpaired) electrons. The molecule has 1 N–H and O–H groups in total. The van der Waals surface area contributed by atoms with Crippen LogP contribution < -0.4 is 0 Å². The number of H-pyrrole nitrogens is 1. The van der Waals surface area contributed by atoms with Gasteiger partial charge >= 0.3 is 0 Å². The van der Waals surface area contributed by atoms with Crippen molar-refractivity contribution in [1.82, 2.24) is 14.9 Å². The van der Waals surface area contributed by atoms with E-state index in [0.717, 1.165) is 41.3 Å². The standard InChI is InChI=1S/C22H27N3O/c1-5-6-9-20(17-8-7-12-23-14-17)25(4)22(26)21-16(3)18-13-15(2)10-11-19(18)24-21/h7-8,10-14,20,24H,5-6,9H2,1-4H3. The van der Waals surface area contributed by atoms with Gasteiger partial charge in [-0.2, -0.15) is 0 Å². The van der Waals surface area contributed by atoms with Crippen LogP contribution in [-0.4, -0.2) is 27.8 Å². The zero-order valence-electron chi connectivity index (χ0n) is 16.0. The maximum atomic E-state index is 13.3. The first-order valence-corrected chi connectivity index (χ1v) is 9.29. The van der Waals surface area contributed by atoms with Crippen molar-refractivity contribution in [3.8, 4) is 0 Å². The third kappa shape index (κ3) is 3.50. The second-order valence-electron chi connectivity index (χ2n) is 7.03. The highest BCUT2D eigenvalue weighted by Crippen LogP contribution is 2.29. The maximum absolute atomic E-state index is 13.3. The molecule has 0 saturated carbocycles. The van der Waals surface area contributed by atoms with E-state index < -0.39 is 0 Å². The molecule has 2 aromatic heterocycles. The number of aromatic amines is 1. The Hall–Kier alpha value is -2.62. The molecule has 26 heavy (non-hydrogen) atoms. The van der Waals surface area contributed by atoms with Crippen LogP contribution >= 0.6 is 0 Å². The Morgan fingerprint density at radius 1 is 1.27 bits per heavy atom. The van der Waals surface area contributed by atoms with Gasteiger partial charge in [0.05, 0.1) is 6.04 Å². The summed E-state index contributed by atoms with van der Waals surface area (Å²) in [4.78, 5) is 22.7. The van der Waals surface area contributed by atoms with Crippen molar-refractivity contribution in [2.45, 2.75) is 46.1 Å². The molecule has 2 heterocycles. The highest BCUT2D eigenvalue weighted by Gasteiger charge is 2.25. The lowest BCUT2D eigenvalue weighted by Crippen LogP contribution is -2.32. The molecule has 0 spiro atoms. The molecule has 4 heteroatoms. The Balaban J connectivity index is 1.95. The van der Waals surface area contributed by atoms with Gasteiger partial charge in [0.2, 0.25) is 0 Å². The lowest BCUT2D eigenvalue weighted by Gasteiger charge is -2.28. The van der Waals surface area contributed by atoms with Crippen molar-refractivity contribution in [2.75, 3.05) is 7.05 Å². The van der Waals surface area contributed by atoms with Crippen LogP contribution in [-0.2, 0) is 0 Å². The first-order chi connectivity index (χ1) is 12.5. The normalized spacial score (nSPS) is 12.3. The smallest absolute Gasteiger partial charge is 0.270 e. The number of aryl methyl sites for hydroxylation is 2. The number of fused-ring (bicyclic) bond motifs is 1. The summed E-state index contributed by atoms with van der Waals surface area (Å²) in [5.41, 5.74) is 4.99. The first-order valence-electron chi connectivity index (χ1n) is 9.29. The highest BCUT2D eigenvalue weighted by molar-refractivity contribution is 6.01. The number of nitrogens with zero attached hydrogens (tertiary/aromatic N) is 2. The number of hydrogen-bond donors (Lipinski definition) is 1. The van der Waals surface area contributed by atoms with E-state index in [1.807, 2.05) is 37.2 Å². The van der Waals surface area contributed by atoms with Gasteiger partial charge in [-0.1, -0.05) is 37.5 Å². The van der Waals surface area contributed by atoms with Crippen LogP contribution in [0, 0.1) is 13.8 Å². The summed E-state index contributed by atoms with van der Waals surface area (Å²) >= 11 is 0.